The number of thiazole rings is 1. The molecule has 198 valence electrons. The van der Waals surface area contributed by atoms with Gasteiger partial charge < -0.3 is 20.1 Å². The number of amides is 1. The van der Waals surface area contributed by atoms with E-state index in [1.54, 1.807) is 26.2 Å². The van der Waals surface area contributed by atoms with Crippen LogP contribution >= 0.6 is 34.7 Å². The van der Waals surface area contributed by atoms with Crippen LogP contribution in [0.5, 0.6) is 0 Å². The second-order valence-corrected chi connectivity index (χ2v) is 11.7. The zero-order chi connectivity index (χ0) is 27.0. The molecule has 12 heteroatoms. The highest BCUT2D eigenvalue weighted by atomic mass is 35.5. The molecule has 0 unspecified atom stereocenters. The van der Waals surface area contributed by atoms with Gasteiger partial charge in [-0.05, 0) is 54.7 Å². The molecule has 1 aliphatic heterocycles. The minimum absolute atomic E-state index is 0.0395. The summed E-state index contributed by atoms with van der Waals surface area (Å²) in [5.74, 6) is 1.25. The molecule has 2 aromatic heterocycles. The zero-order valence-electron chi connectivity index (χ0n) is 21.0. The molecule has 3 heterocycles. The van der Waals surface area contributed by atoms with Crippen molar-refractivity contribution in [3.8, 4) is 11.3 Å². The number of carbonyl (C=O) groups is 1. The first-order valence-corrected chi connectivity index (χ1v) is 14.4. The van der Waals surface area contributed by atoms with Crippen molar-refractivity contribution in [1.82, 2.24) is 19.9 Å². The Hall–Kier alpha value is -3.15. The van der Waals surface area contributed by atoms with Crippen molar-refractivity contribution in [3.63, 3.8) is 0 Å². The summed E-state index contributed by atoms with van der Waals surface area (Å²) in [6.07, 6.45) is 2.10. The second kappa shape index (κ2) is 10.9. The summed E-state index contributed by atoms with van der Waals surface area (Å²) in [5, 5.41) is 5.94. The third kappa shape index (κ3) is 5.36. The molecule has 2 N–H and O–H groups in total. The Balaban J connectivity index is 1.56. The summed E-state index contributed by atoms with van der Waals surface area (Å²) in [7, 11) is 5.23. The van der Waals surface area contributed by atoms with Gasteiger partial charge in [0, 0.05) is 38.1 Å². The fourth-order valence-electron chi connectivity index (χ4n) is 4.37. The minimum atomic E-state index is -0.544. The Morgan fingerprint density at radius 1 is 1.16 bits per heavy atom. The van der Waals surface area contributed by atoms with Crippen molar-refractivity contribution in [1.29, 1.82) is 0 Å². The molecule has 0 spiro atoms. The quantitative estimate of drug-likeness (QED) is 0.310. The summed E-state index contributed by atoms with van der Waals surface area (Å²) >= 11 is 9.32. The molecule has 0 saturated carbocycles. The number of rotatable bonds is 6. The van der Waals surface area contributed by atoms with E-state index in [1.807, 2.05) is 29.3 Å². The van der Waals surface area contributed by atoms with E-state index in [9.17, 15) is 14.0 Å². The van der Waals surface area contributed by atoms with Crippen LogP contribution < -0.4 is 15.8 Å². The van der Waals surface area contributed by atoms with E-state index in [-0.39, 0.29) is 10.7 Å². The van der Waals surface area contributed by atoms with Crippen molar-refractivity contribution in [3.05, 3.63) is 62.6 Å². The first kappa shape index (κ1) is 26.5. The molecule has 1 saturated heterocycles. The molecule has 8 nitrogen and oxygen atoms in total. The van der Waals surface area contributed by atoms with Crippen LogP contribution in [0.25, 0.3) is 22.3 Å². The SMILES string of the molecule is CN(C)C(=O)c1nc2cc(N(C)C3CCSCC3)c(Nc3nc(-c4ccc(F)c(Cl)c4)cs3)cc2[nH]c1=O. The molecule has 1 fully saturated rings. The van der Waals surface area contributed by atoms with Crippen molar-refractivity contribution >= 4 is 68.1 Å². The number of aromatic amines is 1. The number of hydrogen-bond donors (Lipinski definition) is 2. The molecule has 5 rings (SSSR count). The molecule has 0 atom stereocenters. The third-order valence-corrected chi connectivity index (χ3v) is 8.59. The molecule has 2 aromatic carbocycles. The second-order valence-electron chi connectivity index (χ2n) is 9.25. The van der Waals surface area contributed by atoms with Crippen LogP contribution in [0, 0.1) is 5.82 Å². The van der Waals surface area contributed by atoms with E-state index in [4.69, 9.17) is 11.6 Å². The topological polar surface area (TPSA) is 94.2 Å². The Bertz CT molecular complexity index is 1570. The van der Waals surface area contributed by atoms with Crippen LogP contribution in [-0.2, 0) is 0 Å². The lowest BCUT2D eigenvalue weighted by Gasteiger charge is -2.34. The lowest BCUT2D eigenvalue weighted by atomic mass is 10.1. The Labute approximate surface area is 232 Å². The Morgan fingerprint density at radius 2 is 1.92 bits per heavy atom. The number of fused-ring (bicyclic) bond motifs is 1. The zero-order valence-corrected chi connectivity index (χ0v) is 23.4. The Morgan fingerprint density at radius 3 is 2.63 bits per heavy atom. The largest absolute Gasteiger partial charge is 0.370 e. The highest BCUT2D eigenvalue weighted by Crippen LogP contribution is 2.37. The maximum absolute atomic E-state index is 13.6. The monoisotopic (exact) mass is 572 g/mol. The van der Waals surface area contributed by atoms with Crippen LogP contribution in [0.2, 0.25) is 5.02 Å². The maximum Gasteiger partial charge on any atom is 0.280 e. The number of halogens is 2. The first-order valence-electron chi connectivity index (χ1n) is 12.0. The number of aromatic nitrogens is 3. The summed E-state index contributed by atoms with van der Waals surface area (Å²) in [6.45, 7) is 0. The number of benzene rings is 2. The van der Waals surface area contributed by atoms with E-state index >= 15 is 0 Å². The summed E-state index contributed by atoms with van der Waals surface area (Å²) in [6, 6.07) is 8.58. The van der Waals surface area contributed by atoms with Crippen LogP contribution in [0.4, 0.5) is 20.9 Å². The van der Waals surface area contributed by atoms with Gasteiger partial charge in [0.2, 0.25) is 0 Å². The van der Waals surface area contributed by atoms with Crippen LogP contribution in [0.1, 0.15) is 23.3 Å². The molecule has 1 amide bonds. The van der Waals surface area contributed by atoms with Crippen molar-refractivity contribution < 1.29 is 9.18 Å². The number of anilines is 3. The number of nitrogens with one attached hydrogen (secondary N) is 2. The lowest BCUT2D eigenvalue weighted by molar-refractivity contribution is 0.0820. The molecule has 0 bridgehead atoms. The van der Waals surface area contributed by atoms with E-state index in [0.717, 1.165) is 35.7 Å². The summed E-state index contributed by atoms with van der Waals surface area (Å²) in [5.41, 5.74) is 3.36. The maximum atomic E-state index is 13.6. The van der Waals surface area contributed by atoms with Gasteiger partial charge in [0.15, 0.2) is 10.8 Å². The molecule has 1 aliphatic rings. The van der Waals surface area contributed by atoms with Gasteiger partial charge in [0.1, 0.15) is 5.82 Å². The lowest BCUT2D eigenvalue weighted by Crippen LogP contribution is -2.35. The van der Waals surface area contributed by atoms with Gasteiger partial charge in [-0.25, -0.2) is 14.4 Å². The summed E-state index contributed by atoms with van der Waals surface area (Å²) in [4.78, 5) is 40.7. The van der Waals surface area contributed by atoms with Crippen molar-refractivity contribution in [2.24, 2.45) is 0 Å². The molecular formula is C26H26ClFN6O2S2. The fraction of sp³-hybridized carbons (Fsp3) is 0.308. The van der Waals surface area contributed by atoms with Crippen molar-refractivity contribution in [2.45, 2.75) is 18.9 Å². The van der Waals surface area contributed by atoms with Gasteiger partial charge in [0.05, 0.1) is 33.1 Å². The van der Waals surface area contributed by atoms with E-state index < -0.39 is 17.3 Å². The summed E-state index contributed by atoms with van der Waals surface area (Å²) < 4.78 is 13.6. The standard InChI is InChI=1S/C26H26ClFN6O2S2/c1-33(2)25(36)23-24(35)30-18-11-20(22(12-19(18)29-23)34(3)15-6-8-37-9-7-15)31-26-32-21(13-38-26)14-4-5-17(28)16(27)10-14/h4-5,10-13,15H,6-9H2,1-3H3,(H,30,35)(H,31,32). The average Bonchev–Trinajstić information content (AvgIpc) is 3.37. The fourth-order valence-corrected chi connectivity index (χ4v) is 6.37. The van der Waals surface area contributed by atoms with Gasteiger partial charge in [-0.3, -0.25) is 9.59 Å². The predicted octanol–water partition coefficient (Wildman–Crippen LogP) is 5.62. The normalized spacial score (nSPS) is 14.0. The highest BCUT2D eigenvalue weighted by Gasteiger charge is 2.23. The first-order chi connectivity index (χ1) is 18.2. The van der Waals surface area contributed by atoms with Gasteiger partial charge >= 0.3 is 0 Å². The average molecular weight is 573 g/mol. The van der Waals surface area contributed by atoms with Gasteiger partial charge in [-0.1, -0.05) is 11.6 Å². The smallest absolute Gasteiger partial charge is 0.280 e. The molecule has 4 aromatic rings. The molecule has 38 heavy (non-hydrogen) atoms. The van der Waals surface area contributed by atoms with Gasteiger partial charge in [0.25, 0.3) is 11.5 Å². The van der Waals surface area contributed by atoms with Gasteiger partial charge in [-0.2, -0.15) is 11.8 Å². The van der Waals surface area contributed by atoms with Crippen LogP contribution in [0.15, 0.2) is 40.5 Å². The van der Waals surface area contributed by atoms with Gasteiger partial charge in [-0.15, -0.1) is 11.3 Å². The van der Waals surface area contributed by atoms with Crippen molar-refractivity contribution in [2.75, 3.05) is 42.9 Å². The van der Waals surface area contributed by atoms with E-state index in [0.29, 0.717) is 33.5 Å². The number of carbonyl (C=O) groups excluding carboxylic acids is 1. The minimum Gasteiger partial charge on any atom is -0.370 e. The van der Waals surface area contributed by atoms with E-state index in [1.165, 1.54) is 22.3 Å². The molecule has 0 radical (unpaired) electrons. The van der Waals surface area contributed by atoms with Crippen LogP contribution in [-0.4, -0.2) is 64.4 Å². The van der Waals surface area contributed by atoms with Crippen LogP contribution in [0.3, 0.4) is 0 Å². The molecular weight excluding hydrogens is 547 g/mol. The number of thioether (sulfide) groups is 1. The third-order valence-electron chi connectivity index (χ3n) is 6.50. The number of nitrogens with zero attached hydrogens (tertiary/aromatic N) is 4. The number of H-pyrrole nitrogens is 1. The molecule has 0 aliphatic carbocycles. The predicted molar refractivity (Wildman–Crippen MR) is 155 cm³/mol. The highest BCUT2D eigenvalue weighted by molar-refractivity contribution is 7.99. The van der Waals surface area contributed by atoms with E-state index in [2.05, 4.69) is 32.2 Å². The number of hydrogen-bond acceptors (Lipinski definition) is 8. The Kier molecular flexibility index (Phi) is 7.60.